The van der Waals surface area contributed by atoms with Crippen LogP contribution in [0.5, 0.6) is 5.75 Å². The van der Waals surface area contributed by atoms with Gasteiger partial charge in [-0.05, 0) is 74.1 Å². The molecule has 1 heterocycles. The van der Waals surface area contributed by atoms with E-state index in [1.54, 1.807) is 18.2 Å². The molecule has 1 aromatic heterocycles. The summed E-state index contributed by atoms with van der Waals surface area (Å²) < 4.78 is 49.7. The maximum absolute atomic E-state index is 12.6. The molecule has 0 aliphatic heterocycles. The topological polar surface area (TPSA) is 62.5 Å². The Bertz CT molecular complexity index is 1230. The molecule has 0 saturated heterocycles. The Kier molecular flexibility index (Phi) is 7.37. The van der Waals surface area contributed by atoms with E-state index >= 15 is 0 Å². The molecule has 0 aliphatic carbocycles. The van der Waals surface area contributed by atoms with Crippen LogP contribution in [0.3, 0.4) is 0 Å². The van der Waals surface area contributed by atoms with Gasteiger partial charge >= 0.3 is 6.18 Å². The molecule has 7 heteroatoms. The number of alkyl halides is 3. The summed E-state index contributed by atoms with van der Waals surface area (Å²) in [6, 6.07) is 8.54. The standard InChI is InChI=1S/C26H25F3O4/c1-4-5-22-14-20-12-18(10-11-26(27,28)29)13-21(25(20)33-22)15-32-23-8-6-19(7-9-24(30)31)16(2)17(23)3/h6,8,12-14H,4-5,7,9,15H2,1-3H3,(H,30,31)/p-1. The van der Waals surface area contributed by atoms with Gasteiger partial charge in [0.15, 0.2) is 0 Å². The fraction of sp³-hybridized carbons (Fsp3) is 0.346. The molecular weight excluding hydrogens is 433 g/mol. The second-order valence-electron chi connectivity index (χ2n) is 7.90. The first kappa shape index (κ1) is 24.2. The largest absolute Gasteiger partial charge is 0.550 e. The molecular formula is C26H24F3O4-. The first-order valence-corrected chi connectivity index (χ1v) is 10.6. The monoisotopic (exact) mass is 457 g/mol. The highest BCUT2D eigenvalue weighted by molar-refractivity contribution is 5.83. The fourth-order valence-corrected chi connectivity index (χ4v) is 3.64. The molecule has 0 aliphatic rings. The number of fused-ring (bicyclic) bond motifs is 1. The first-order chi connectivity index (χ1) is 15.6. The van der Waals surface area contributed by atoms with Gasteiger partial charge in [-0.3, -0.25) is 0 Å². The molecule has 0 amide bonds. The van der Waals surface area contributed by atoms with Crippen LogP contribution in [0.4, 0.5) is 13.2 Å². The van der Waals surface area contributed by atoms with Crippen molar-refractivity contribution < 1.29 is 32.2 Å². The minimum Gasteiger partial charge on any atom is -0.550 e. The van der Waals surface area contributed by atoms with E-state index in [1.807, 2.05) is 32.9 Å². The Morgan fingerprint density at radius 2 is 1.85 bits per heavy atom. The van der Waals surface area contributed by atoms with Gasteiger partial charge in [0.2, 0.25) is 0 Å². The molecule has 3 aromatic rings. The van der Waals surface area contributed by atoms with Crippen LogP contribution in [0.2, 0.25) is 0 Å². The number of carboxylic acid groups (broad SMARTS) is 1. The minimum absolute atomic E-state index is 0.0667. The van der Waals surface area contributed by atoms with Gasteiger partial charge in [0.05, 0.1) is 0 Å². The third-order valence-corrected chi connectivity index (χ3v) is 5.42. The van der Waals surface area contributed by atoms with Crippen molar-refractivity contribution >= 4 is 16.9 Å². The smallest absolute Gasteiger partial charge is 0.458 e. The van der Waals surface area contributed by atoms with E-state index in [-0.39, 0.29) is 18.6 Å². The van der Waals surface area contributed by atoms with Crippen LogP contribution < -0.4 is 9.84 Å². The second kappa shape index (κ2) is 10.0. The molecule has 0 unspecified atom stereocenters. The van der Waals surface area contributed by atoms with Crippen molar-refractivity contribution in [2.24, 2.45) is 0 Å². The Morgan fingerprint density at radius 1 is 1.09 bits per heavy atom. The molecule has 4 nitrogen and oxygen atoms in total. The van der Waals surface area contributed by atoms with Crippen LogP contribution in [0.15, 0.2) is 34.7 Å². The number of hydrogen-bond donors (Lipinski definition) is 0. The summed E-state index contributed by atoms with van der Waals surface area (Å²) in [5, 5.41) is 11.4. The Hall–Kier alpha value is -3.40. The lowest BCUT2D eigenvalue weighted by molar-refractivity contribution is -0.305. The summed E-state index contributed by atoms with van der Waals surface area (Å²) in [6.07, 6.45) is -2.70. The van der Waals surface area contributed by atoms with E-state index in [0.717, 1.165) is 28.9 Å². The van der Waals surface area contributed by atoms with Gasteiger partial charge in [-0.25, -0.2) is 0 Å². The number of aliphatic carboxylic acids is 1. The zero-order chi connectivity index (χ0) is 24.2. The predicted molar refractivity (Wildman–Crippen MR) is 117 cm³/mol. The SMILES string of the molecule is CCCc1cc2cc(C#CC(F)(F)F)cc(COc3ccc(CCC(=O)[O-])c(C)c3C)c2o1. The quantitative estimate of drug-likeness (QED) is 0.438. The number of carbonyl (C=O) groups is 1. The number of benzene rings is 2. The number of furan rings is 1. The molecule has 0 spiro atoms. The van der Waals surface area contributed by atoms with Crippen LogP contribution >= 0.6 is 0 Å². The van der Waals surface area contributed by atoms with E-state index in [9.17, 15) is 23.1 Å². The van der Waals surface area contributed by atoms with Crippen molar-refractivity contribution in [3.63, 3.8) is 0 Å². The lowest BCUT2D eigenvalue weighted by atomic mass is 9.99. The normalized spacial score (nSPS) is 11.3. The van der Waals surface area contributed by atoms with Crippen molar-refractivity contribution in [2.45, 2.75) is 59.2 Å². The molecule has 3 rings (SSSR count). The summed E-state index contributed by atoms with van der Waals surface area (Å²) in [5.74, 6) is 3.74. The average molecular weight is 457 g/mol. The van der Waals surface area contributed by atoms with Crippen molar-refractivity contribution in [1.29, 1.82) is 0 Å². The lowest BCUT2D eigenvalue weighted by Crippen LogP contribution is -2.22. The summed E-state index contributed by atoms with van der Waals surface area (Å²) in [6.45, 7) is 5.86. The van der Waals surface area contributed by atoms with Gasteiger partial charge < -0.3 is 19.1 Å². The van der Waals surface area contributed by atoms with Crippen LogP contribution in [0, 0.1) is 25.7 Å². The Labute approximate surface area is 190 Å². The minimum atomic E-state index is -4.58. The molecule has 0 fully saturated rings. The van der Waals surface area contributed by atoms with Gasteiger partial charge in [-0.2, -0.15) is 13.2 Å². The number of carbonyl (C=O) groups excluding carboxylic acids is 1. The fourth-order valence-electron chi connectivity index (χ4n) is 3.64. The van der Waals surface area contributed by atoms with Gasteiger partial charge in [-0.1, -0.05) is 18.9 Å². The summed E-state index contributed by atoms with van der Waals surface area (Å²) in [7, 11) is 0. The van der Waals surface area contributed by atoms with Crippen LogP contribution in [-0.2, 0) is 24.2 Å². The molecule has 0 radical (unpaired) electrons. The lowest BCUT2D eigenvalue weighted by Gasteiger charge is -2.15. The van der Waals surface area contributed by atoms with Gasteiger partial charge in [0, 0.05) is 34.8 Å². The number of rotatable bonds is 8. The highest BCUT2D eigenvalue weighted by atomic mass is 19.4. The summed E-state index contributed by atoms with van der Waals surface area (Å²) in [4.78, 5) is 10.8. The summed E-state index contributed by atoms with van der Waals surface area (Å²) >= 11 is 0. The number of carboxylic acids is 1. The highest BCUT2D eigenvalue weighted by Gasteiger charge is 2.23. The molecule has 0 bridgehead atoms. The molecule has 0 atom stereocenters. The first-order valence-electron chi connectivity index (χ1n) is 10.6. The van der Waals surface area contributed by atoms with E-state index in [0.29, 0.717) is 35.1 Å². The third kappa shape index (κ3) is 6.32. The van der Waals surface area contributed by atoms with Gasteiger partial charge in [0.25, 0.3) is 0 Å². The second-order valence-corrected chi connectivity index (χ2v) is 7.90. The zero-order valence-electron chi connectivity index (χ0n) is 18.7. The van der Waals surface area contributed by atoms with E-state index < -0.39 is 12.1 Å². The van der Waals surface area contributed by atoms with Crippen LogP contribution in [0.1, 0.15) is 53.3 Å². The maximum Gasteiger partial charge on any atom is 0.458 e. The molecule has 174 valence electrons. The van der Waals surface area contributed by atoms with Crippen molar-refractivity contribution in [2.75, 3.05) is 0 Å². The molecule has 0 saturated carbocycles. The van der Waals surface area contributed by atoms with Crippen molar-refractivity contribution in [1.82, 2.24) is 0 Å². The van der Waals surface area contributed by atoms with E-state index in [2.05, 4.69) is 5.92 Å². The molecule has 2 aromatic carbocycles. The molecule has 0 N–H and O–H groups in total. The number of aryl methyl sites for hydroxylation is 2. The van der Waals surface area contributed by atoms with Crippen LogP contribution in [0.25, 0.3) is 11.0 Å². The number of ether oxygens (including phenoxy) is 1. The highest BCUT2D eigenvalue weighted by Crippen LogP contribution is 2.29. The van der Waals surface area contributed by atoms with Crippen LogP contribution in [-0.4, -0.2) is 12.1 Å². The van der Waals surface area contributed by atoms with Gasteiger partial charge in [-0.15, -0.1) is 0 Å². The van der Waals surface area contributed by atoms with E-state index in [1.165, 1.54) is 5.92 Å². The maximum atomic E-state index is 12.6. The third-order valence-electron chi connectivity index (χ3n) is 5.42. The number of halogens is 3. The Balaban J connectivity index is 1.91. The van der Waals surface area contributed by atoms with Crippen molar-refractivity contribution in [3.8, 4) is 17.6 Å². The predicted octanol–water partition coefficient (Wildman–Crippen LogP) is 5.18. The van der Waals surface area contributed by atoms with Gasteiger partial charge in [0.1, 0.15) is 23.7 Å². The molecule has 33 heavy (non-hydrogen) atoms. The number of hydrogen-bond acceptors (Lipinski definition) is 4. The summed E-state index contributed by atoms with van der Waals surface area (Å²) in [5.41, 5.74) is 4.07. The van der Waals surface area contributed by atoms with Crippen molar-refractivity contribution in [3.05, 3.63) is 63.9 Å². The zero-order valence-corrected chi connectivity index (χ0v) is 18.7. The average Bonchev–Trinajstić information content (AvgIpc) is 3.14. The van der Waals surface area contributed by atoms with E-state index in [4.69, 9.17) is 9.15 Å². The Morgan fingerprint density at radius 3 is 2.52 bits per heavy atom.